The maximum atomic E-state index is 12.1. The first kappa shape index (κ1) is 16.6. The second-order valence-corrected chi connectivity index (χ2v) is 8.17. The summed E-state index contributed by atoms with van der Waals surface area (Å²) in [6, 6.07) is 3.40. The predicted octanol–water partition coefficient (Wildman–Crippen LogP) is 0.662. The van der Waals surface area contributed by atoms with Crippen molar-refractivity contribution in [2.45, 2.75) is 11.4 Å². The Morgan fingerprint density at radius 1 is 1.44 bits per heavy atom. The lowest BCUT2D eigenvalue weighted by Gasteiger charge is -2.49. The number of aromatic nitrogens is 2. The van der Waals surface area contributed by atoms with Crippen molar-refractivity contribution in [3.8, 4) is 11.3 Å². The van der Waals surface area contributed by atoms with Crippen LogP contribution in [0.1, 0.15) is 5.01 Å². The van der Waals surface area contributed by atoms with Crippen LogP contribution in [0.15, 0.2) is 35.6 Å². The van der Waals surface area contributed by atoms with E-state index in [2.05, 4.69) is 4.98 Å². The van der Waals surface area contributed by atoms with Gasteiger partial charge in [0.1, 0.15) is 23.5 Å². The summed E-state index contributed by atoms with van der Waals surface area (Å²) < 4.78 is 1.95. The Balaban J connectivity index is 1.74. The van der Waals surface area contributed by atoms with E-state index in [0.29, 0.717) is 5.75 Å². The number of pyridine rings is 1. The van der Waals surface area contributed by atoms with E-state index in [1.54, 1.807) is 11.8 Å². The minimum absolute atomic E-state index is 0.202. The molecule has 2 aromatic rings. The van der Waals surface area contributed by atoms with Crippen LogP contribution in [0.4, 0.5) is 0 Å². The van der Waals surface area contributed by atoms with Crippen molar-refractivity contribution >= 4 is 52.3 Å². The van der Waals surface area contributed by atoms with Crippen molar-refractivity contribution in [3.05, 3.63) is 40.6 Å². The number of thioether (sulfide) groups is 1. The quantitative estimate of drug-likeness (QED) is 0.471. The number of carbonyl (C=O) groups excluding carboxylic acids is 2. The van der Waals surface area contributed by atoms with E-state index in [0.717, 1.165) is 21.8 Å². The molecular weight excluding hydrogens is 376 g/mol. The summed E-state index contributed by atoms with van der Waals surface area (Å²) in [5.74, 6) is 0.312. The number of hydrogen-bond acceptors (Lipinski definition) is 7. The summed E-state index contributed by atoms with van der Waals surface area (Å²) in [6.45, 7) is 0. The molecule has 25 heavy (non-hydrogen) atoms. The third kappa shape index (κ3) is 2.67. The third-order valence-corrected chi connectivity index (χ3v) is 6.64. The van der Waals surface area contributed by atoms with E-state index < -0.39 is 11.2 Å². The fourth-order valence-corrected chi connectivity index (χ4v) is 5.37. The smallest absolute Gasteiger partial charge is 0.248 e. The number of β-lactam (4-membered cyclic amide) rings is 1. The van der Waals surface area contributed by atoms with E-state index in [-0.39, 0.29) is 17.0 Å². The van der Waals surface area contributed by atoms with Gasteiger partial charge in [0.05, 0.1) is 16.5 Å². The predicted molar refractivity (Wildman–Crippen MR) is 99.1 cm³/mol. The van der Waals surface area contributed by atoms with E-state index in [9.17, 15) is 9.59 Å². The Morgan fingerprint density at radius 3 is 2.84 bits per heavy atom. The van der Waals surface area contributed by atoms with Gasteiger partial charge in [-0.2, -0.15) is 0 Å². The number of nitrogens with zero attached hydrogens (tertiary/aromatic N) is 3. The molecule has 2 atom stereocenters. The molecule has 2 aromatic heterocycles. The van der Waals surface area contributed by atoms with Crippen LogP contribution in [0, 0.1) is 0 Å². The molecule has 128 valence electrons. The molecule has 0 saturated carbocycles. The molecule has 2 aliphatic rings. The zero-order valence-electron chi connectivity index (χ0n) is 13.2. The largest absolute Gasteiger partial charge is 0.735 e. The Morgan fingerprint density at radius 2 is 2.16 bits per heavy atom. The first-order valence-electron chi connectivity index (χ1n) is 7.53. The number of carbonyl (C=O) groups is 2. The molecule has 2 aliphatic heterocycles. The Labute approximate surface area is 158 Å². The molecule has 0 aromatic carbocycles. The summed E-state index contributed by atoms with van der Waals surface area (Å²) in [6.07, 6.45) is 3.90. The zero-order chi connectivity index (χ0) is 17.7. The number of aryl methyl sites for hydroxylation is 1. The van der Waals surface area contributed by atoms with Crippen LogP contribution in [0.2, 0.25) is 0 Å². The van der Waals surface area contributed by atoms with Gasteiger partial charge in [0.2, 0.25) is 5.91 Å². The summed E-state index contributed by atoms with van der Waals surface area (Å²) in [5.41, 5.74) is 8.64. The van der Waals surface area contributed by atoms with Gasteiger partial charge >= 0.3 is 0 Å². The Kier molecular flexibility index (Phi) is 4.11. The van der Waals surface area contributed by atoms with Gasteiger partial charge in [-0.1, -0.05) is 0 Å². The summed E-state index contributed by atoms with van der Waals surface area (Å²) >= 11 is 7.87. The normalized spacial score (nSPS) is 22.6. The first-order chi connectivity index (χ1) is 12.0. The third-order valence-electron chi connectivity index (χ3n) is 4.24. The average Bonchev–Trinajstić information content (AvgIpc) is 3.10. The Hall–Kier alpha value is -1.81. The van der Waals surface area contributed by atoms with Crippen LogP contribution in [0.5, 0.6) is 0 Å². The van der Waals surface area contributed by atoms with Gasteiger partial charge in [-0.05, 0) is 0 Å². The van der Waals surface area contributed by atoms with Crippen molar-refractivity contribution in [3.63, 3.8) is 0 Å². The number of hydrogen-bond donors (Lipinski definition) is 1. The lowest BCUT2D eigenvalue weighted by atomic mass is 10.0. The number of thiazole rings is 1. The molecule has 0 spiro atoms. The number of amides is 1. The van der Waals surface area contributed by atoms with E-state index >= 15 is 0 Å². The molecule has 1 saturated heterocycles. The van der Waals surface area contributed by atoms with Gasteiger partial charge in [-0.25, -0.2) is 9.55 Å². The van der Waals surface area contributed by atoms with E-state index in [4.69, 9.17) is 18.4 Å². The Bertz CT molecular complexity index is 906. The lowest BCUT2D eigenvalue weighted by Crippen LogP contribution is -2.68. The average molecular weight is 391 g/mol. The molecular formula is C16H14N4O2S3. The monoisotopic (exact) mass is 390 g/mol. The molecule has 6 nitrogen and oxygen atoms in total. The number of nitrogens with two attached hydrogens (primary N) is 1. The highest BCUT2D eigenvalue weighted by atomic mass is 32.2. The van der Waals surface area contributed by atoms with Crippen molar-refractivity contribution in [1.29, 1.82) is 0 Å². The molecule has 4 heterocycles. The molecule has 0 radical (unpaired) electrons. The van der Waals surface area contributed by atoms with E-state index in [1.807, 2.05) is 41.5 Å². The summed E-state index contributed by atoms with van der Waals surface area (Å²) in [5, 5.41) is 1.93. The zero-order valence-corrected chi connectivity index (χ0v) is 15.7. The van der Waals surface area contributed by atoms with Crippen LogP contribution in [0.25, 0.3) is 16.8 Å². The molecule has 0 aliphatic carbocycles. The second-order valence-electron chi connectivity index (χ2n) is 5.84. The molecule has 1 fully saturated rings. The fourth-order valence-electron chi connectivity index (χ4n) is 2.89. The van der Waals surface area contributed by atoms with Gasteiger partial charge < -0.3 is 23.2 Å². The molecule has 0 unspecified atom stereocenters. The molecule has 1 amide bonds. The second kappa shape index (κ2) is 6.17. The van der Waals surface area contributed by atoms with Crippen LogP contribution in [0.3, 0.4) is 0 Å². The van der Waals surface area contributed by atoms with Gasteiger partial charge in [0.25, 0.3) is 0 Å². The van der Waals surface area contributed by atoms with Gasteiger partial charge in [0, 0.05) is 34.4 Å². The number of rotatable bonds is 3. The van der Waals surface area contributed by atoms with Crippen molar-refractivity contribution in [1.82, 2.24) is 9.88 Å². The minimum atomic E-state index is -0.562. The topological polar surface area (TPSA) is 80.2 Å². The van der Waals surface area contributed by atoms with Crippen molar-refractivity contribution < 1.29 is 14.2 Å². The molecule has 9 heteroatoms. The maximum Gasteiger partial charge on any atom is 0.248 e. The van der Waals surface area contributed by atoms with Gasteiger partial charge in [-0.15, -0.1) is 23.1 Å². The fraction of sp³-hybridized carbons (Fsp3) is 0.250. The van der Waals surface area contributed by atoms with E-state index in [1.165, 1.54) is 16.2 Å². The molecule has 2 N–H and O–H groups in total. The van der Waals surface area contributed by atoms with Crippen molar-refractivity contribution in [2.24, 2.45) is 12.8 Å². The van der Waals surface area contributed by atoms with Crippen LogP contribution in [-0.4, -0.2) is 38.1 Å². The van der Waals surface area contributed by atoms with Crippen LogP contribution < -0.4 is 10.3 Å². The van der Waals surface area contributed by atoms with Gasteiger partial charge in [-0.3, -0.25) is 9.69 Å². The minimum Gasteiger partial charge on any atom is -0.735 e. The molecule has 0 bridgehead atoms. The highest BCUT2D eigenvalue weighted by Crippen LogP contribution is 2.43. The van der Waals surface area contributed by atoms with Crippen molar-refractivity contribution in [2.75, 3.05) is 5.75 Å². The van der Waals surface area contributed by atoms with Crippen LogP contribution in [-0.2, 0) is 29.3 Å². The highest BCUT2D eigenvalue weighted by molar-refractivity contribution is 8.00. The highest BCUT2D eigenvalue weighted by Gasteiger charge is 2.50. The number of fused-ring (bicyclic) bond motifs is 1. The summed E-state index contributed by atoms with van der Waals surface area (Å²) in [4.78, 5) is 30.2. The SMILES string of the molecule is C[n+]1ccc(-c2csc(C3=C(C(=O)[S-])N4C(=O)[C@@H](N)[C@H]4SC3)n2)cc1. The van der Waals surface area contributed by atoms with Crippen LogP contribution >= 0.6 is 23.1 Å². The summed E-state index contributed by atoms with van der Waals surface area (Å²) in [7, 11) is 1.95. The maximum absolute atomic E-state index is 12.1. The first-order valence-corrected chi connectivity index (χ1v) is 9.87. The lowest BCUT2D eigenvalue weighted by molar-refractivity contribution is -0.671. The van der Waals surface area contributed by atoms with Gasteiger partial charge in [0.15, 0.2) is 12.4 Å². The molecule has 4 rings (SSSR count). The standard InChI is InChI=1S/C16H14N4O2S3/c1-19-4-2-8(3-5-19)10-7-24-13(18-10)9-6-25-15-11(17)14(21)20(15)12(9)16(22)23/h2-5,7,11,15H,6,17H2,1H3/t11-,15-/m1/s1.